The van der Waals surface area contributed by atoms with Crippen molar-refractivity contribution in [2.24, 2.45) is 5.73 Å². The number of aliphatic hydroxyl groups is 4. The third-order valence-corrected chi connectivity index (χ3v) is 1.95. The molecular formula is C8H17NO10S. The number of hydrogen-bond donors (Lipinski definition) is 7. The van der Waals surface area contributed by atoms with E-state index in [1.165, 1.54) is 0 Å². The first-order valence-electron chi connectivity index (χ1n) is 4.98. The van der Waals surface area contributed by atoms with Crippen LogP contribution in [-0.2, 0) is 20.0 Å². The molecule has 0 aromatic rings. The lowest BCUT2D eigenvalue weighted by molar-refractivity contribution is -0.141. The van der Waals surface area contributed by atoms with Crippen molar-refractivity contribution in [2.75, 3.05) is 6.61 Å². The van der Waals surface area contributed by atoms with Gasteiger partial charge in [0.05, 0.1) is 6.61 Å². The number of carbonyl (C=O) groups is 2. The lowest BCUT2D eigenvalue weighted by Gasteiger charge is -2.24. The summed E-state index contributed by atoms with van der Waals surface area (Å²) in [5, 5.41) is 35.9. The molecule has 0 saturated heterocycles. The number of rotatable bonds is 6. The molecule has 0 aliphatic carbocycles. The molecule has 11 nitrogen and oxygen atoms in total. The summed E-state index contributed by atoms with van der Waals surface area (Å²) in [6, 6.07) is -1.61. The van der Waals surface area contributed by atoms with Gasteiger partial charge in [-0.1, -0.05) is 0 Å². The Balaban J connectivity index is 0. The summed E-state index contributed by atoms with van der Waals surface area (Å²) in [6.07, 6.45) is -5.21. The zero-order chi connectivity index (χ0) is 16.7. The minimum atomic E-state index is -4.67. The fourth-order valence-corrected chi connectivity index (χ4v) is 0.938. The number of aliphatic hydroxyl groups excluding tert-OH is 4. The minimum Gasteiger partial charge on any atom is -0.394 e. The average molecular weight is 319 g/mol. The van der Waals surface area contributed by atoms with Crippen molar-refractivity contribution in [3.8, 4) is 0 Å². The summed E-state index contributed by atoms with van der Waals surface area (Å²) in [6.45, 7) is 0.184. The van der Waals surface area contributed by atoms with Gasteiger partial charge in [0.25, 0.3) is 0 Å². The number of hydrogen-bond acceptors (Lipinski definition) is 9. The van der Waals surface area contributed by atoms with Gasteiger partial charge in [-0.05, 0) is 0 Å². The van der Waals surface area contributed by atoms with Gasteiger partial charge in [0.2, 0.25) is 5.78 Å². The Morgan fingerprint density at radius 1 is 1.10 bits per heavy atom. The van der Waals surface area contributed by atoms with E-state index in [9.17, 15) is 19.8 Å². The van der Waals surface area contributed by atoms with Crippen LogP contribution in [0.2, 0.25) is 0 Å². The molecule has 0 aliphatic heterocycles. The van der Waals surface area contributed by atoms with E-state index in [1.807, 2.05) is 0 Å². The normalized spacial score (nSPS) is 17.2. The topological polar surface area (TPSA) is 216 Å². The van der Waals surface area contributed by atoms with E-state index in [0.29, 0.717) is 0 Å². The Kier molecular flexibility index (Phi) is 9.63. The highest BCUT2D eigenvalue weighted by atomic mass is 32.3. The van der Waals surface area contributed by atoms with Crippen LogP contribution in [0.3, 0.4) is 0 Å². The van der Waals surface area contributed by atoms with Crippen LogP contribution >= 0.6 is 0 Å². The highest BCUT2D eigenvalue weighted by molar-refractivity contribution is 7.79. The second-order valence-corrected chi connectivity index (χ2v) is 4.52. The molecule has 0 aliphatic rings. The Labute approximate surface area is 114 Å². The molecule has 120 valence electrons. The molecule has 0 saturated carbocycles. The standard InChI is InChI=1S/C8H15NO6.H2O4S/c1-3(11)6(13)5(9)8(15)7(14)4(12)2-10;1-5(2,3)4/h4-5,7-8,10,12,14-15H,2,9H2,1H3;(H2,1,2,3,4)/t4-,5+,7-,8-;/m1./s1. The van der Waals surface area contributed by atoms with Crippen LogP contribution in [-0.4, -0.2) is 80.5 Å². The Bertz CT molecular complexity index is 413. The van der Waals surface area contributed by atoms with E-state index < -0.39 is 52.9 Å². The second-order valence-electron chi connectivity index (χ2n) is 3.63. The SMILES string of the molecule is CC(=O)C(=O)[C@H](N)[C@@H](O)[C@H](O)[C@H](O)CO.O=S(=O)(O)O. The summed E-state index contributed by atoms with van der Waals surface area (Å²) >= 11 is 0. The molecule has 0 heterocycles. The first kappa shape index (κ1) is 21.3. The van der Waals surface area contributed by atoms with Crippen molar-refractivity contribution >= 4 is 22.0 Å². The molecule has 0 aromatic carbocycles. The quantitative estimate of drug-likeness (QED) is 0.184. The molecule has 0 bridgehead atoms. The summed E-state index contributed by atoms with van der Waals surface area (Å²) in [7, 11) is -4.67. The van der Waals surface area contributed by atoms with Crippen molar-refractivity contribution in [3.05, 3.63) is 0 Å². The fraction of sp³-hybridized carbons (Fsp3) is 0.750. The van der Waals surface area contributed by atoms with Crippen LogP contribution in [0.5, 0.6) is 0 Å². The molecule has 8 N–H and O–H groups in total. The molecule has 12 heteroatoms. The van der Waals surface area contributed by atoms with E-state index in [1.54, 1.807) is 0 Å². The molecule has 0 aromatic heterocycles. The molecule has 0 unspecified atom stereocenters. The van der Waals surface area contributed by atoms with Crippen molar-refractivity contribution < 1.29 is 47.5 Å². The largest absolute Gasteiger partial charge is 0.394 e. The van der Waals surface area contributed by atoms with Gasteiger partial charge in [-0.15, -0.1) is 0 Å². The van der Waals surface area contributed by atoms with Crippen LogP contribution < -0.4 is 5.73 Å². The van der Waals surface area contributed by atoms with Crippen LogP contribution in [0.25, 0.3) is 0 Å². The predicted octanol–water partition coefficient (Wildman–Crippen LogP) is -4.11. The maximum atomic E-state index is 11.0. The van der Waals surface area contributed by atoms with Gasteiger partial charge in [0, 0.05) is 6.92 Å². The zero-order valence-electron chi connectivity index (χ0n) is 10.3. The minimum absolute atomic E-state index is 0.792. The molecule has 0 fully saturated rings. The summed E-state index contributed by atoms with van der Waals surface area (Å²) < 4.78 is 31.6. The molecular weight excluding hydrogens is 302 g/mol. The maximum absolute atomic E-state index is 11.0. The van der Waals surface area contributed by atoms with Crippen LogP contribution in [0.15, 0.2) is 0 Å². The first-order chi connectivity index (χ1) is 8.82. The van der Waals surface area contributed by atoms with Gasteiger partial charge in [0.1, 0.15) is 24.4 Å². The second kappa shape index (κ2) is 9.04. The lowest BCUT2D eigenvalue weighted by Crippen LogP contribution is -2.54. The highest BCUT2D eigenvalue weighted by Gasteiger charge is 2.34. The Morgan fingerprint density at radius 2 is 1.45 bits per heavy atom. The molecule has 0 rings (SSSR count). The molecule has 0 radical (unpaired) electrons. The zero-order valence-corrected chi connectivity index (χ0v) is 11.1. The van der Waals surface area contributed by atoms with E-state index in [0.717, 1.165) is 6.92 Å². The summed E-state index contributed by atoms with van der Waals surface area (Å²) in [4.78, 5) is 21.6. The van der Waals surface area contributed by atoms with Crippen molar-refractivity contribution in [1.82, 2.24) is 0 Å². The molecule has 20 heavy (non-hydrogen) atoms. The van der Waals surface area contributed by atoms with Crippen LogP contribution in [0.4, 0.5) is 0 Å². The number of nitrogens with two attached hydrogens (primary N) is 1. The van der Waals surface area contributed by atoms with Gasteiger partial charge in [-0.3, -0.25) is 18.7 Å². The number of ketones is 2. The monoisotopic (exact) mass is 319 g/mol. The summed E-state index contributed by atoms with van der Waals surface area (Å²) in [5.41, 5.74) is 5.18. The third kappa shape index (κ3) is 9.88. The lowest BCUT2D eigenvalue weighted by atomic mass is 9.97. The van der Waals surface area contributed by atoms with Gasteiger partial charge < -0.3 is 26.2 Å². The smallest absolute Gasteiger partial charge is 0.394 e. The highest BCUT2D eigenvalue weighted by Crippen LogP contribution is 2.04. The Hall–Kier alpha value is -0.990. The van der Waals surface area contributed by atoms with E-state index in [2.05, 4.69) is 0 Å². The summed E-state index contributed by atoms with van der Waals surface area (Å²) in [5.74, 6) is -1.90. The maximum Gasteiger partial charge on any atom is 0.394 e. The van der Waals surface area contributed by atoms with Crippen molar-refractivity contribution in [1.29, 1.82) is 0 Å². The van der Waals surface area contributed by atoms with Gasteiger partial charge in [-0.25, -0.2) is 0 Å². The third-order valence-electron chi connectivity index (χ3n) is 1.95. The molecule has 0 amide bonds. The average Bonchev–Trinajstić information content (AvgIpc) is 2.31. The van der Waals surface area contributed by atoms with Crippen LogP contribution in [0.1, 0.15) is 6.92 Å². The van der Waals surface area contributed by atoms with E-state index in [-0.39, 0.29) is 0 Å². The number of Topliss-reactive ketones (excluding diaryl/α,β-unsaturated/α-hetero) is 2. The molecule has 4 atom stereocenters. The fourth-order valence-electron chi connectivity index (χ4n) is 0.938. The van der Waals surface area contributed by atoms with Crippen LogP contribution in [0, 0.1) is 0 Å². The van der Waals surface area contributed by atoms with Gasteiger partial charge in [-0.2, -0.15) is 8.42 Å². The Morgan fingerprint density at radius 3 is 1.70 bits per heavy atom. The van der Waals surface area contributed by atoms with E-state index >= 15 is 0 Å². The number of carbonyl (C=O) groups excluding carboxylic acids is 2. The van der Waals surface area contributed by atoms with Crippen molar-refractivity contribution in [3.63, 3.8) is 0 Å². The van der Waals surface area contributed by atoms with Gasteiger partial charge in [0.15, 0.2) is 5.78 Å². The first-order valence-corrected chi connectivity index (χ1v) is 6.37. The van der Waals surface area contributed by atoms with Crippen molar-refractivity contribution in [2.45, 2.75) is 31.3 Å². The predicted molar refractivity (Wildman–Crippen MR) is 62.9 cm³/mol. The molecule has 0 spiro atoms. The van der Waals surface area contributed by atoms with Gasteiger partial charge >= 0.3 is 10.4 Å². The van der Waals surface area contributed by atoms with E-state index in [4.69, 9.17) is 33.5 Å².